The summed E-state index contributed by atoms with van der Waals surface area (Å²) in [5.74, 6) is 1.52. The second kappa shape index (κ2) is 8.71. The van der Waals surface area contributed by atoms with Gasteiger partial charge in [-0.3, -0.25) is 5.32 Å². The predicted molar refractivity (Wildman–Crippen MR) is 145 cm³/mol. The Balaban J connectivity index is 1.42. The normalized spacial score (nSPS) is 14.7. The molecule has 0 spiro atoms. The molecule has 2 aromatic heterocycles. The lowest BCUT2D eigenvalue weighted by Crippen LogP contribution is -2.44. The van der Waals surface area contributed by atoms with E-state index in [0.717, 1.165) is 44.9 Å². The van der Waals surface area contributed by atoms with Crippen molar-refractivity contribution < 1.29 is 13.8 Å². The summed E-state index contributed by atoms with van der Waals surface area (Å²) in [6.07, 6.45) is 4.62. The van der Waals surface area contributed by atoms with Crippen LogP contribution in [0.2, 0.25) is 0 Å². The Hall–Kier alpha value is -4.77. The minimum atomic E-state index is -0.411. The van der Waals surface area contributed by atoms with Gasteiger partial charge in [0, 0.05) is 12.0 Å². The van der Waals surface area contributed by atoms with E-state index in [1.54, 1.807) is 10.8 Å². The fourth-order valence-electron chi connectivity index (χ4n) is 5.35. The fraction of sp³-hybridized carbons (Fsp3) is 0.0938. The van der Waals surface area contributed by atoms with Crippen LogP contribution in [0, 0.1) is 0 Å². The van der Waals surface area contributed by atoms with E-state index in [-0.39, 0.29) is 5.91 Å². The van der Waals surface area contributed by atoms with Crippen LogP contribution < -0.4 is 9.88 Å². The molecule has 0 fully saturated rings. The second-order valence-corrected chi connectivity index (χ2v) is 9.46. The van der Waals surface area contributed by atoms with Crippen LogP contribution in [-0.2, 0) is 12.8 Å². The highest BCUT2D eigenvalue weighted by atomic mass is 16.3. The fourth-order valence-corrected chi connectivity index (χ4v) is 5.35. The molecular weight excluding hydrogens is 458 g/mol. The van der Waals surface area contributed by atoms with Gasteiger partial charge in [0.15, 0.2) is 0 Å². The molecule has 3 heterocycles. The number of furan rings is 1. The maximum atomic E-state index is 13.6. The molecule has 5 nitrogen and oxygen atoms in total. The molecule has 1 unspecified atom stereocenters. The van der Waals surface area contributed by atoms with E-state index in [9.17, 15) is 4.79 Å². The first kappa shape index (κ1) is 21.5. The molecule has 1 atom stereocenters. The van der Waals surface area contributed by atoms with Crippen molar-refractivity contribution in [3.05, 3.63) is 127 Å². The summed E-state index contributed by atoms with van der Waals surface area (Å²) in [5, 5.41) is 8.09. The molecule has 37 heavy (non-hydrogen) atoms. The highest BCUT2D eigenvalue weighted by Crippen LogP contribution is 2.35. The molecule has 6 aromatic rings. The van der Waals surface area contributed by atoms with E-state index >= 15 is 0 Å². The number of nitrogens with one attached hydrogen (secondary N) is 1. The lowest BCUT2D eigenvalue weighted by Gasteiger charge is -2.12. The summed E-state index contributed by atoms with van der Waals surface area (Å²) in [7, 11) is 0. The summed E-state index contributed by atoms with van der Waals surface area (Å²) >= 11 is 0. The molecule has 0 bridgehead atoms. The summed E-state index contributed by atoms with van der Waals surface area (Å²) in [6.45, 7) is 0. The van der Waals surface area contributed by atoms with Gasteiger partial charge in [-0.2, -0.15) is 4.57 Å². The van der Waals surface area contributed by atoms with E-state index < -0.39 is 6.04 Å². The van der Waals surface area contributed by atoms with Gasteiger partial charge in [-0.05, 0) is 45.3 Å². The Kier molecular flexibility index (Phi) is 5.07. The molecular formula is C32H24N3O2+. The van der Waals surface area contributed by atoms with E-state index in [2.05, 4.69) is 72.0 Å². The topological polar surface area (TPSA) is 59.0 Å². The zero-order chi connectivity index (χ0) is 24.8. The summed E-state index contributed by atoms with van der Waals surface area (Å²) < 4.78 is 7.28. The number of rotatable bonds is 5. The van der Waals surface area contributed by atoms with Gasteiger partial charge < -0.3 is 4.42 Å². The smallest absolute Gasteiger partial charge is 0.359 e. The number of nitrogens with zero attached hydrogens (tertiary/aromatic N) is 2. The number of carbonyl (C=O) groups excluding carboxylic acids is 1. The van der Waals surface area contributed by atoms with Crippen molar-refractivity contribution in [3.8, 4) is 11.3 Å². The number of benzene rings is 4. The van der Waals surface area contributed by atoms with Gasteiger partial charge in [-0.25, -0.2) is 9.78 Å². The Bertz CT molecular complexity index is 1780. The van der Waals surface area contributed by atoms with Gasteiger partial charge in [-0.1, -0.05) is 78.9 Å². The van der Waals surface area contributed by atoms with Crippen molar-refractivity contribution in [2.45, 2.75) is 18.9 Å². The second-order valence-electron chi connectivity index (χ2n) is 9.46. The third kappa shape index (κ3) is 3.76. The van der Waals surface area contributed by atoms with Crippen molar-refractivity contribution in [3.63, 3.8) is 0 Å². The molecule has 1 N–H and O–H groups in total. The van der Waals surface area contributed by atoms with Crippen molar-refractivity contribution in [2.24, 2.45) is 0 Å². The van der Waals surface area contributed by atoms with Crippen molar-refractivity contribution in [1.82, 2.24) is 4.98 Å². The zero-order valence-corrected chi connectivity index (χ0v) is 20.1. The Labute approximate surface area is 214 Å². The van der Waals surface area contributed by atoms with Crippen molar-refractivity contribution in [1.29, 1.82) is 0 Å². The number of fused-ring (bicyclic) bond motifs is 4. The molecule has 1 aliphatic heterocycles. The summed E-state index contributed by atoms with van der Waals surface area (Å²) in [6, 6.07) is 32.6. The molecule has 0 amide bonds. The van der Waals surface area contributed by atoms with E-state index in [1.807, 2.05) is 36.5 Å². The molecule has 5 heteroatoms. The third-order valence-electron chi connectivity index (χ3n) is 7.11. The molecule has 1 aliphatic rings. The predicted octanol–water partition coefficient (Wildman–Crippen LogP) is 6.20. The molecule has 0 radical (unpaired) electrons. The van der Waals surface area contributed by atoms with Gasteiger partial charge >= 0.3 is 11.7 Å². The molecule has 0 saturated carbocycles. The average molecular weight is 483 g/mol. The number of anilines is 1. The van der Waals surface area contributed by atoms with Gasteiger partial charge in [0.2, 0.25) is 6.04 Å². The number of hydrogen-bond acceptors (Lipinski definition) is 4. The molecule has 178 valence electrons. The Morgan fingerprint density at radius 2 is 1.59 bits per heavy atom. The van der Waals surface area contributed by atoms with Crippen LogP contribution in [0.3, 0.4) is 0 Å². The highest BCUT2D eigenvalue weighted by Gasteiger charge is 2.41. The number of carbonyl (C=O) groups is 1. The first-order valence-electron chi connectivity index (χ1n) is 12.5. The number of aromatic nitrogens is 2. The van der Waals surface area contributed by atoms with E-state index in [0.29, 0.717) is 12.8 Å². The molecule has 7 rings (SSSR count). The van der Waals surface area contributed by atoms with Gasteiger partial charge in [0.1, 0.15) is 23.3 Å². The summed E-state index contributed by atoms with van der Waals surface area (Å²) in [4.78, 5) is 18.8. The van der Waals surface area contributed by atoms with Crippen LogP contribution in [0.4, 0.5) is 5.82 Å². The van der Waals surface area contributed by atoms with Crippen LogP contribution in [-0.4, -0.2) is 16.9 Å². The quantitative estimate of drug-likeness (QED) is 0.235. The zero-order valence-electron chi connectivity index (χ0n) is 20.1. The monoisotopic (exact) mass is 482 g/mol. The van der Waals surface area contributed by atoms with Crippen LogP contribution in [0.25, 0.3) is 32.8 Å². The highest BCUT2D eigenvalue weighted by molar-refractivity contribution is 6.13. The maximum Gasteiger partial charge on any atom is 0.359 e. The Morgan fingerprint density at radius 1 is 0.838 bits per heavy atom. The minimum absolute atomic E-state index is 0.00513. The summed E-state index contributed by atoms with van der Waals surface area (Å²) in [5.41, 5.74) is 3.78. The largest absolute Gasteiger partial charge is 0.469 e. The molecule has 0 saturated heterocycles. The third-order valence-corrected chi connectivity index (χ3v) is 7.11. The first-order valence-corrected chi connectivity index (χ1v) is 12.5. The number of hydrogen-bond donors (Lipinski definition) is 1. The van der Waals surface area contributed by atoms with Crippen LogP contribution in [0.5, 0.6) is 0 Å². The van der Waals surface area contributed by atoms with Crippen LogP contribution in [0.1, 0.15) is 21.8 Å². The lowest BCUT2D eigenvalue weighted by molar-refractivity contribution is -0.552. The standard InChI is InChI=1S/C32H23N3O2/c36-32-29(19-23-12-8-16-37-23)34-31-28(17-21-9-2-1-3-10-21)33-30(20-35(31)32)27-18-22-11-4-5-13-24(22)25-14-6-7-15-26(25)27/h1-16,18,20,29H,17,19H2/p+1. The first-order chi connectivity index (χ1) is 18.2. The SMILES string of the molecule is O=C1C(Cc2ccco2)Nc2c(Cc3ccccc3)nc(-c3cc4ccccc4c4ccccc34)c[n+]21. The van der Waals surface area contributed by atoms with Gasteiger partial charge in [-0.15, -0.1) is 0 Å². The van der Waals surface area contributed by atoms with Crippen LogP contribution >= 0.6 is 0 Å². The van der Waals surface area contributed by atoms with Crippen LogP contribution in [0.15, 0.2) is 114 Å². The Morgan fingerprint density at radius 3 is 2.41 bits per heavy atom. The van der Waals surface area contributed by atoms with Crippen molar-refractivity contribution in [2.75, 3.05) is 5.32 Å². The maximum absolute atomic E-state index is 13.6. The van der Waals surface area contributed by atoms with E-state index in [4.69, 9.17) is 9.40 Å². The van der Waals surface area contributed by atoms with Crippen molar-refractivity contribution >= 4 is 33.3 Å². The average Bonchev–Trinajstić information content (AvgIpc) is 3.57. The van der Waals surface area contributed by atoms with Gasteiger partial charge in [0.05, 0.1) is 12.7 Å². The molecule has 0 aliphatic carbocycles. The van der Waals surface area contributed by atoms with Gasteiger partial charge in [0.25, 0.3) is 0 Å². The minimum Gasteiger partial charge on any atom is -0.469 e. The van der Waals surface area contributed by atoms with E-state index in [1.165, 1.54) is 10.8 Å². The lowest BCUT2D eigenvalue weighted by atomic mass is 9.95. The molecule has 4 aromatic carbocycles.